The summed E-state index contributed by atoms with van der Waals surface area (Å²) in [6, 6.07) is 7.19. The predicted molar refractivity (Wildman–Crippen MR) is 99.0 cm³/mol. The van der Waals surface area contributed by atoms with Gasteiger partial charge in [0.15, 0.2) is 5.78 Å². The van der Waals surface area contributed by atoms with Gasteiger partial charge in [0.2, 0.25) is 5.91 Å². The summed E-state index contributed by atoms with van der Waals surface area (Å²) in [6.07, 6.45) is 3.60. The van der Waals surface area contributed by atoms with Crippen molar-refractivity contribution in [2.75, 3.05) is 33.3 Å². The van der Waals surface area contributed by atoms with E-state index in [1.165, 1.54) is 0 Å². The number of carbonyl (C=O) groups excluding carboxylic acids is 2. The van der Waals surface area contributed by atoms with Crippen molar-refractivity contribution in [1.82, 2.24) is 10.2 Å². The minimum atomic E-state index is 0.0143. The van der Waals surface area contributed by atoms with E-state index in [-0.39, 0.29) is 18.1 Å². The fraction of sp³-hybridized carbons (Fsp3) is 0.600. The number of benzene rings is 1. The van der Waals surface area contributed by atoms with E-state index in [1.807, 2.05) is 24.1 Å². The van der Waals surface area contributed by atoms with Crippen LogP contribution in [0.1, 0.15) is 49.4 Å². The van der Waals surface area contributed by atoms with E-state index in [0.29, 0.717) is 24.5 Å². The SMILES string of the molecule is CCCOc1ccc(C(=O)CCC(=O)N2CCC(CNC)CC2)cc1. The van der Waals surface area contributed by atoms with Crippen LogP contribution >= 0.6 is 0 Å². The van der Waals surface area contributed by atoms with Crippen molar-refractivity contribution in [2.45, 2.75) is 39.0 Å². The van der Waals surface area contributed by atoms with Crippen molar-refractivity contribution >= 4 is 11.7 Å². The van der Waals surface area contributed by atoms with E-state index in [1.54, 1.807) is 12.1 Å². The van der Waals surface area contributed by atoms with Gasteiger partial charge in [-0.25, -0.2) is 0 Å². The summed E-state index contributed by atoms with van der Waals surface area (Å²) < 4.78 is 5.52. The zero-order valence-corrected chi connectivity index (χ0v) is 15.4. The molecule has 1 saturated heterocycles. The molecule has 1 heterocycles. The van der Waals surface area contributed by atoms with E-state index in [0.717, 1.165) is 44.6 Å². The first kappa shape index (κ1) is 19.4. The van der Waals surface area contributed by atoms with Crippen LogP contribution in [0, 0.1) is 5.92 Å². The zero-order chi connectivity index (χ0) is 18.1. The molecule has 138 valence electrons. The Morgan fingerprint density at radius 1 is 1.16 bits per heavy atom. The summed E-state index contributed by atoms with van der Waals surface area (Å²) in [6.45, 7) is 5.36. The highest BCUT2D eigenvalue weighted by molar-refractivity contribution is 5.98. The maximum atomic E-state index is 12.3. The smallest absolute Gasteiger partial charge is 0.223 e. The first-order valence-corrected chi connectivity index (χ1v) is 9.32. The van der Waals surface area contributed by atoms with Gasteiger partial charge < -0.3 is 15.0 Å². The molecule has 0 bridgehead atoms. The highest BCUT2D eigenvalue weighted by atomic mass is 16.5. The molecule has 0 unspecified atom stereocenters. The number of nitrogens with one attached hydrogen (secondary N) is 1. The molecule has 1 aliphatic heterocycles. The average molecular weight is 346 g/mol. The maximum absolute atomic E-state index is 12.3. The van der Waals surface area contributed by atoms with E-state index in [9.17, 15) is 9.59 Å². The average Bonchev–Trinajstić information content (AvgIpc) is 2.65. The molecular weight excluding hydrogens is 316 g/mol. The lowest BCUT2D eigenvalue weighted by Crippen LogP contribution is -2.40. The maximum Gasteiger partial charge on any atom is 0.223 e. The molecule has 0 aromatic heterocycles. The third-order valence-corrected chi connectivity index (χ3v) is 4.68. The summed E-state index contributed by atoms with van der Waals surface area (Å²) in [7, 11) is 1.96. The minimum absolute atomic E-state index is 0.0143. The molecule has 5 nitrogen and oxygen atoms in total. The van der Waals surface area contributed by atoms with Gasteiger partial charge in [0.05, 0.1) is 6.61 Å². The third-order valence-electron chi connectivity index (χ3n) is 4.68. The Labute approximate surface area is 150 Å². The topological polar surface area (TPSA) is 58.6 Å². The number of piperidine rings is 1. The molecule has 0 radical (unpaired) electrons. The Balaban J connectivity index is 1.75. The molecule has 0 atom stereocenters. The van der Waals surface area contributed by atoms with Gasteiger partial charge in [-0.1, -0.05) is 6.92 Å². The predicted octanol–water partition coefficient (Wildman–Crippen LogP) is 2.90. The highest BCUT2D eigenvalue weighted by Gasteiger charge is 2.22. The van der Waals surface area contributed by atoms with Crippen molar-refractivity contribution in [2.24, 2.45) is 5.92 Å². The molecule has 1 fully saturated rings. The molecule has 1 amide bonds. The fourth-order valence-electron chi connectivity index (χ4n) is 3.16. The molecule has 2 rings (SSSR count). The third kappa shape index (κ3) is 6.16. The number of hydrogen-bond donors (Lipinski definition) is 1. The van der Waals surface area contributed by atoms with Crippen LogP contribution in [0.2, 0.25) is 0 Å². The van der Waals surface area contributed by atoms with E-state index < -0.39 is 0 Å². The van der Waals surface area contributed by atoms with Crippen LogP contribution in [-0.2, 0) is 4.79 Å². The van der Waals surface area contributed by atoms with Crippen LogP contribution < -0.4 is 10.1 Å². The van der Waals surface area contributed by atoms with Gasteiger partial charge in [0.25, 0.3) is 0 Å². The van der Waals surface area contributed by atoms with Crippen molar-refractivity contribution in [3.05, 3.63) is 29.8 Å². The number of amides is 1. The normalized spacial score (nSPS) is 15.2. The molecule has 1 aromatic carbocycles. The van der Waals surface area contributed by atoms with Crippen LogP contribution in [0.4, 0.5) is 0 Å². The number of carbonyl (C=O) groups is 2. The van der Waals surface area contributed by atoms with Crippen LogP contribution in [0.3, 0.4) is 0 Å². The Morgan fingerprint density at radius 2 is 1.84 bits per heavy atom. The minimum Gasteiger partial charge on any atom is -0.494 e. The summed E-state index contributed by atoms with van der Waals surface area (Å²) >= 11 is 0. The Bertz CT molecular complexity index is 549. The highest BCUT2D eigenvalue weighted by Crippen LogP contribution is 2.18. The van der Waals surface area contributed by atoms with Gasteiger partial charge in [0.1, 0.15) is 5.75 Å². The lowest BCUT2D eigenvalue weighted by molar-refractivity contribution is -0.132. The quantitative estimate of drug-likeness (QED) is 0.699. The molecule has 0 aliphatic carbocycles. The summed E-state index contributed by atoms with van der Waals surface area (Å²) in [5.41, 5.74) is 0.643. The van der Waals surface area contributed by atoms with Crippen LogP contribution in [0.25, 0.3) is 0 Å². The number of hydrogen-bond acceptors (Lipinski definition) is 4. The molecule has 25 heavy (non-hydrogen) atoms. The van der Waals surface area contributed by atoms with Crippen LogP contribution in [-0.4, -0.2) is 49.9 Å². The monoisotopic (exact) mass is 346 g/mol. The first-order chi connectivity index (χ1) is 12.1. The molecule has 5 heteroatoms. The second-order valence-electron chi connectivity index (χ2n) is 6.68. The van der Waals surface area contributed by atoms with Gasteiger partial charge in [-0.3, -0.25) is 9.59 Å². The van der Waals surface area contributed by atoms with Crippen molar-refractivity contribution < 1.29 is 14.3 Å². The second-order valence-corrected chi connectivity index (χ2v) is 6.68. The summed E-state index contributed by atoms with van der Waals surface area (Å²) in [5.74, 6) is 1.54. The number of Topliss-reactive ketones (excluding diaryl/α,β-unsaturated/α-hetero) is 1. The van der Waals surface area contributed by atoms with Gasteiger partial charge in [-0.15, -0.1) is 0 Å². The molecule has 0 saturated carbocycles. The lowest BCUT2D eigenvalue weighted by Gasteiger charge is -2.32. The largest absolute Gasteiger partial charge is 0.494 e. The van der Waals surface area contributed by atoms with Crippen molar-refractivity contribution in [1.29, 1.82) is 0 Å². The molecular formula is C20H30N2O3. The zero-order valence-electron chi connectivity index (χ0n) is 15.4. The standard InChI is InChI=1S/C20H30N2O3/c1-3-14-25-18-6-4-17(5-7-18)19(23)8-9-20(24)22-12-10-16(11-13-22)15-21-2/h4-7,16,21H,3,8-15H2,1-2H3. The van der Waals surface area contributed by atoms with Crippen LogP contribution in [0.15, 0.2) is 24.3 Å². The Morgan fingerprint density at radius 3 is 2.44 bits per heavy atom. The molecule has 1 N–H and O–H groups in total. The Kier molecular flexibility index (Phi) is 7.92. The van der Waals surface area contributed by atoms with E-state index >= 15 is 0 Å². The van der Waals surface area contributed by atoms with Crippen LogP contribution in [0.5, 0.6) is 5.75 Å². The van der Waals surface area contributed by atoms with Crippen molar-refractivity contribution in [3.63, 3.8) is 0 Å². The molecule has 1 aromatic rings. The van der Waals surface area contributed by atoms with Gasteiger partial charge in [0, 0.05) is 31.5 Å². The van der Waals surface area contributed by atoms with E-state index in [2.05, 4.69) is 12.2 Å². The van der Waals surface area contributed by atoms with Gasteiger partial charge >= 0.3 is 0 Å². The van der Waals surface area contributed by atoms with Crippen molar-refractivity contribution in [3.8, 4) is 5.75 Å². The summed E-state index contributed by atoms with van der Waals surface area (Å²) in [4.78, 5) is 26.5. The van der Waals surface area contributed by atoms with Gasteiger partial charge in [-0.2, -0.15) is 0 Å². The number of likely N-dealkylation sites (tertiary alicyclic amines) is 1. The number of rotatable bonds is 9. The fourth-order valence-corrected chi connectivity index (χ4v) is 3.16. The molecule has 1 aliphatic rings. The van der Waals surface area contributed by atoms with E-state index in [4.69, 9.17) is 4.74 Å². The lowest BCUT2D eigenvalue weighted by atomic mass is 9.96. The number of ketones is 1. The number of nitrogens with zero attached hydrogens (tertiary/aromatic N) is 1. The molecule has 0 spiro atoms. The first-order valence-electron chi connectivity index (χ1n) is 9.32. The Hall–Kier alpha value is -1.88. The summed E-state index contributed by atoms with van der Waals surface area (Å²) in [5, 5.41) is 3.20. The van der Waals surface area contributed by atoms with Gasteiger partial charge in [-0.05, 0) is 63.0 Å². The number of ether oxygens (including phenoxy) is 1. The second kappa shape index (κ2) is 10.2.